The molecular weight excluding hydrogens is 400 g/mol. The van der Waals surface area contributed by atoms with Crippen molar-refractivity contribution in [2.24, 2.45) is 5.92 Å². The predicted octanol–water partition coefficient (Wildman–Crippen LogP) is 3.28. The summed E-state index contributed by atoms with van der Waals surface area (Å²) in [5, 5.41) is 2.29. The number of carbonyl (C=O) groups excluding carboxylic acids is 1. The molecule has 2 aromatic carbocycles. The predicted molar refractivity (Wildman–Crippen MR) is 92.8 cm³/mol. The summed E-state index contributed by atoms with van der Waals surface area (Å²) in [6.07, 6.45) is 0.192. The van der Waals surface area contributed by atoms with Crippen LogP contribution in [0.4, 0.5) is 23.2 Å². The van der Waals surface area contributed by atoms with Gasteiger partial charge in [0.15, 0.2) is 0 Å². The molecule has 0 unspecified atom stereocenters. The van der Waals surface area contributed by atoms with E-state index in [0.717, 1.165) is 34.6 Å². The minimum Gasteiger partial charge on any atom is -0.323 e. The SMILES string of the molecule is O=C(Nc1cc(F)ccc1F)C1CCN(S(=O)(=O)c2cc(F)ccc2F)CC1. The van der Waals surface area contributed by atoms with E-state index in [1.54, 1.807) is 0 Å². The van der Waals surface area contributed by atoms with Gasteiger partial charge in [-0.05, 0) is 43.2 Å². The number of benzene rings is 2. The third-order valence-corrected chi connectivity index (χ3v) is 6.44. The lowest BCUT2D eigenvalue weighted by atomic mass is 9.97. The maximum atomic E-state index is 13.8. The highest BCUT2D eigenvalue weighted by Crippen LogP contribution is 2.27. The Balaban J connectivity index is 1.67. The summed E-state index contributed by atoms with van der Waals surface area (Å²) in [4.78, 5) is 11.5. The van der Waals surface area contributed by atoms with Crippen LogP contribution in [-0.4, -0.2) is 31.7 Å². The molecule has 0 aliphatic carbocycles. The normalized spacial score (nSPS) is 16.1. The lowest BCUT2D eigenvalue weighted by Gasteiger charge is -2.30. The topological polar surface area (TPSA) is 66.5 Å². The van der Waals surface area contributed by atoms with E-state index in [1.165, 1.54) is 0 Å². The second-order valence-corrected chi connectivity index (χ2v) is 8.27. The highest BCUT2D eigenvalue weighted by atomic mass is 32.2. The molecule has 150 valence electrons. The molecular formula is C18H16F4N2O3S. The summed E-state index contributed by atoms with van der Waals surface area (Å²) in [5.74, 6) is -4.66. The number of hydrogen-bond acceptors (Lipinski definition) is 3. The van der Waals surface area contributed by atoms with Crippen LogP contribution in [0, 0.1) is 29.2 Å². The molecule has 10 heteroatoms. The van der Waals surface area contributed by atoms with E-state index in [0.29, 0.717) is 6.07 Å². The number of anilines is 1. The quantitative estimate of drug-likeness (QED) is 0.778. The molecule has 28 heavy (non-hydrogen) atoms. The van der Waals surface area contributed by atoms with E-state index < -0.39 is 50.0 Å². The van der Waals surface area contributed by atoms with Crippen LogP contribution in [0.15, 0.2) is 41.3 Å². The van der Waals surface area contributed by atoms with Crippen LogP contribution in [0.25, 0.3) is 0 Å². The number of nitrogens with zero attached hydrogens (tertiary/aromatic N) is 1. The summed E-state index contributed by atoms with van der Waals surface area (Å²) in [5.41, 5.74) is -0.304. The molecule has 3 rings (SSSR count). The fourth-order valence-corrected chi connectivity index (χ4v) is 4.55. The largest absolute Gasteiger partial charge is 0.323 e. The van der Waals surface area contributed by atoms with Crippen molar-refractivity contribution in [3.63, 3.8) is 0 Å². The smallest absolute Gasteiger partial charge is 0.246 e. The number of carbonyl (C=O) groups is 1. The molecule has 1 aliphatic rings. The van der Waals surface area contributed by atoms with E-state index in [1.807, 2.05) is 0 Å². The van der Waals surface area contributed by atoms with Crippen LogP contribution in [0.1, 0.15) is 12.8 Å². The summed E-state index contributed by atoms with van der Waals surface area (Å²) < 4.78 is 80.0. The minimum absolute atomic E-state index is 0.0952. The van der Waals surface area contributed by atoms with Crippen LogP contribution >= 0.6 is 0 Å². The number of rotatable bonds is 4. The van der Waals surface area contributed by atoms with Gasteiger partial charge in [-0.15, -0.1) is 0 Å². The van der Waals surface area contributed by atoms with Gasteiger partial charge in [0.2, 0.25) is 15.9 Å². The van der Waals surface area contributed by atoms with Crippen LogP contribution in [0.3, 0.4) is 0 Å². The number of piperidine rings is 1. The van der Waals surface area contributed by atoms with Gasteiger partial charge in [0.1, 0.15) is 28.2 Å². The molecule has 1 fully saturated rings. The summed E-state index contributed by atoms with van der Waals surface area (Å²) >= 11 is 0. The Bertz CT molecular complexity index is 1010. The van der Waals surface area contributed by atoms with Crippen molar-refractivity contribution in [3.8, 4) is 0 Å². The van der Waals surface area contributed by atoms with Crippen LogP contribution in [-0.2, 0) is 14.8 Å². The molecule has 1 saturated heterocycles. The van der Waals surface area contributed by atoms with E-state index in [4.69, 9.17) is 0 Å². The zero-order chi connectivity index (χ0) is 20.5. The molecule has 0 bridgehead atoms. The Hall–Kier alpha value is -2.46. The lowest BCUT2D eigenvalue weighted by Crippen LogP contribution is -2.41. The van der Waals surface area contributed by atoms with Crippen molar-refractivity contribution >= 4 is 21.6 Å². The average Bonchev–Trinajstić information content (AvgIpc) is 2.66. The number of nitrogens with one attached hydrogen (secondary N) is 1. The Morgan fingerprint density at radius 3 is 2.14 bits per heavy atom. The molecule has 5 nitrogen and oxygen atoms in total. The van der Waals surface area contributed by atoms with Gasteiger partial charge in [0.25, 0.3) is 0 Å². The van der Waals surface area contributed by atoms with Crippen LogP contribution < -0.4 is 5.32 Å². The van der Waals surface area contributed by atoms with Crippen LogP contribution in [0.2, 0.25) is 0 Å². The number of amides is 1. The third-order valence-electron chi connectivity index (χ3n) is 4.52. The van der Waals surface area contributed by atoms with Crippen LogP contribution in [0.5, 0.6) is 0 Å². The van der Waals surface area contributed by atoms with E-state index in [2.05, 4.69) is 5.32 Å². The highest BCUT2D eigenvalue weighted by Gasteiger charge is 2.34. The van der Waals surface area contributed by atoms with Gasteiger partial charge in [0.05, 0.1) is 5.69 Å². The molecule has 1 N–H and O–H groups in total. The first kappa shape index (κ1) is 20.3. The first-order valence-electron chi connectivity index (χ1n) is 8.39. The van der Waals surface area contributed by atoms with E-state index >= 15 is 0 Å². The van der Waals surface area contributed by atoms with Gasteiger partial charge < -0.3 is 5.32 Å². The summed E-state index contributed by atoms with van der Waals surface area (Å²) in [7, 11) is -4.26. The monoisotopic (exact) mass is 416 g/mol. The molecule has 1 amide bonds. The maximum absolute atomic E-state index is 13.8. The maximum Gasteiger partial charge on any atom is 0.246 e. The van der Waals surface area contributed by atoms with Crippen molar-refractivity contribution in [3.05, 3.63) is 59.7 Å². The third kappa shape index (κ3) is 4.17. The average molecular weight is 416 g/mol. The highest BCUT2D eigenvalue weighted by molar-refractivity contribution is 7.89. The van der Waals surface area contributed by atoms with E-state index in [9.17, 15) is 30.8 Å². The number of hydrogen-bond donors (Lipinski definition) is 1. The molecule has 0 spiro atoms. The Labute approximate surface area is 159 Å². The summed E-state index contributed by atoms with van der Waals surface area (Å²) in [6, 6.07) is 4.80. The zero-order valence-electron chi connectivity index (χ0n) is 14.5. The fourth-order valence-electron chi connectivity index (χ4n) is 3.00. The first-order valence-corrected chi connectivity index (χ1v) is 9.83. The molecule has 0 saturated carbocycles. The van der Waals surface area contributed by atoms with Gasteiger partial charge in [-0.25, -0.2) is 26.0 Å². The van der Waals surface area contributed by atoms with Gasteiger partial charge in [-0.3, -0.25) is 4.79 Å². The molecule has 2 aromatic rings. The van der Waals surface area contributed by atoms with Gasteiger partial charge in [-0.1, -0.05) is 0 Å². The zero-order valence-corrected chi connectivity index (χ0v) is 15.3. The van der Waals surface area contributed by atoms with Crippen molar-refractivity contribution in [1.29, 1.82) is 0 Å². The summed E-state index contributed by atoms with van der Waals surface area (Å²) in [6.45, 7) is -0.190. The van der Waals surface area contributed by atoms with Crippen molar-refractivity contribution in [2.45, 2.75) is 17.7 Å². The van der Waals surface area contributed by atoms with Crippen molar-refractivity contribution in [2.75, 3.05) is 18.4 Å². The molecule has 1 heterocycles. The second-order valence-electron chi connectivity index (χ2n) is 6.37. The molecule has 0 atom stereocenters. The molecule has 1 aliphatic heterocycles. The van der Waals surface area contributed by atoms with E-state index in [-0.39, 0.29) is 31.6 Å². The second kappa shape index (κ2) is 7.88. The number of sulfonamides is 1. The molecule has 0 radical (unpaired) electrons. The fraction of sp³-hybridized carbons (Fsp3) is 0.278. The Morgan fingerprint density at radius 1 is 0.929 bits per heavy atom. The van der Waals surface area contributed by atoms with Gasteiger partial charge >= 0.3 is 0 Å². The van der Waals surface area contributed by atoms with Gasteiger partial charge in [0, 0.05) is 25.1 Å². The van der Waals surface area contributed by atoms with Crippen molar-refractivity contribution < 1.29 is 30.8 Å². The van der Waals surface area contributed by atoms with Crippen molar-refractivity contribution in [1.82, 2.24) is 4.31 Å². The molecule has 0 aromatic heterocycles. The number of halogens is 4. The van der Waals surface area contributed by atoms with Gasteiger partial charge in [-0.2, -0.15) is 4.31 Å². The minimum atomic E-state index is -4.26. The lowest BCUT2D eigenvalue weighted by molar-refractivity contribution is -0.120. The first-order chi connectivity index (χ1) is 13.2. The Kier molecular flexibility index (Phi) is 5.71. The Morgan fingerprint density at radius 2 is 1.50 bits per heavy atom. The standard InChI is InChI=1S/C18H16F4N2O3S/c19-12-1-3-14(21)16(9-12)23-18(25)11-5-7-24(8-6-11)28(26,27)17-10-13(20)2-4-15(17)22/h1-4,9-11H,5-8H2,(H,23,25).